The van der Waals surface area contributed by atoms with Crippen LogP contribution in [0.3, 0.4) is 0 Å². The van der Waals surface area contributed by atoms with Crippen molar-refractivity contribution in [1.82, 2.24) is 5.32 Å². The maximum absolute atomic E-state index is 14.0. The lowest BCUT2D eigenvalue weighted by Gasteiger charge is -2.35. The summed E-state index contributed by atoms with van der Waals surface area (Å²) in [7, 11) is 0. The van der Waals surface area contributed by atoms with Gasteiger partial charge in [0.25, 0.3) is 0 Å². The van der Waals surface area contributed by atoms with Gasteiger partial charge in [0.1, 0.15) is 5.82 Å². The minimum atomic E-state index is -0.0973. The SMILES string of the molecule is CCCNC(c1ccc(Br)cc1F)C1CCC1. The van der Waals surface area contributed by atoms with Crippen molar-refractivity contribution in [3.05, 3.63) is 34.1 Å². The second-order valence-electron chi connectivity index (χ2n) is 4.79. The Morgan fingerprint density at radius 2 is 2.24 bits per heavy atom. The molecule has 94 valence electrons. The van der Waals surface area contributed by atoms with E-state index in [1.165, 1.54) is 19.3 Å². The van der Waals surface area contributed by atoms with Gasteiger partial charge in [-0.15, -0.1) is 0 Å². The Hall–Kier alpha value is -0.410. The molecule has 1 aromatic rings. The average molecular weight is 300 g/mol. The summed E-state index contributed by atoms with van der Waals surface area (Å²) in [6.07, 6.45) is 4.81. The van der Waals surface area contributed by atoms with Crippen molar-refractivity contribution in [1.29, 1.82) is 0 Å². The van der Waals surface area contributed by atoms with E-state index in [2.05, 4.69) is 28.2 Å². The predicted octanol–water partition coefficient (Wildman–Crippen LogP) is 4.43. The topological polar surface area (TPSA) is 12.0 Å². The summed E-state index contributed by atoms with van der Waals surface area (Å²) in [6, 6.07) is 5.59. The van der Waals surface area contributed by atoms with Crippen LogP contribution in [0.1, 0.15) is 44.2 Å². The maximum atomic E-state index is 14.0. The Balaban J connectivity index is 2.17. The van der Waals surface area contributed by atoms with Crippen LogP contribution in [-0.2, 0) is 0 Å². The van der Waals surface area contributed by atoms with Crippen molar-refractivity contribution >= 4 is 15.9 Å². The van der Waals surface area contributed by atoms with Gasteiger partial charge in [0.2, 0.25) is 0 Å². The summed E-state index contributed by atoms with van der Waals surface area (Å²) in [5, 5.41) is 3.49. The summed E-state index contributed by atoms with van der Waals surface area (Å²) in [5.74, 6) is 0.511. The number of hydrogen-bond donors (Lipinski definition) is 1. The van der Waals surface area contributed by atoms with Crippen LogP contribution in [-0.4, -0.2) is 6.54 Å². The molecule has 1 aliphatic carbocycles. The highest BCUT2D eigenvalue weighted by molar-refractivity contribution is 9.10. The maximum Gasteiger partial charge on any atom is 0.129 e. The third-order valence-corrected chi connectivity index (χ3v) is 4.03. The lowest BCUT2D eigenvalue weighted by Crippen LogP contribution is -2.33. The van der Waals surface area contributed by atoms with Crippen molar-refractivity contribution in [2.75, 3.05) is 6.54 Å². The van der Waals surface area contributed by atoms with Crippen LogP contribution >= 0.6 is 15.9 Å². The van der Waals surface area contributed by atoms with Crippen LogP contribution in [0.4, 0.5) is 4.39 Å². The van der Waals surface area contributed by atoms with Crippen LogP contribution in [0.25, 0.3) is 0 Å². The number of rotatable bonds is 5. The zero-order chi connectivity index (χ0) is 12.3. The van der Waals surface area contributed by atoms with Gasteiger partial charge in [0.05, 0.1) is 0 Å². The van der Waals surface area contributed by atoms with Gasteiger partial charge in [-0.25, -0.2) is 4.39 Å². The predicted molar refractivity (Wildman–Crippen MR) is 72.5 cm³/mol. The Kier molecular flexibility index (Phi) is 4.57. The van der Waals surface area contributed by atoms with E-state index < -0.39 is 0 Å². The summed E-state index contributed by atoms with van der Waals surface area (Å²) < 4.78 is 14.8. The van der Waals surface area contributed by atoms with Crippen molar-refractivity contribution in [2.45, 2.75) is 38.6 Å². The van der Waals surface area contributed by atoms with Gasteiger partial charge in [-0.05, 0) is 43.9 Å². The molecule has 1 unspecified atom stereocenters. The first kappa shape index (κ1) is 13.0. The van der Waals surface area contributed by atoms with E-state index in [9.17, 15) is 4.39 Å². The molecule has 17 heavy (non-hydrogen) atoms. The molecule has 2 rings (SSSR count). The van der Waals surface area contributed by atoms with Gasteiger partial charge in [-0.1, -0.05) is 35.3 Å². The molecular weight excluding hydrogens is 281 g/mol. The first-order chi connectivity index (χ1) is 8.22. The molecule has 0 saturated heterocycles. The van der Waals surface area contributed by atoms with E-state index in [1.54, 1.807) is 6.07 Å². The van der Waals surface area contributed by atoms with Crippen molar-refractivity contribution < 1.29 is 4.39 Å². The Bertz CT molecular complexity index is 376. The number of benzene rings is 1. The second-order valence-corrected chi connectivity index (χ2v) is 5.70. The molecule has 3 heteroatoms. The van der Waals surface area contributed by atoms with Gasteiger partial charge in [0, 0.05) is 16.1 Å². The highest BCUT2D eigenvalue weighted by Gasteiger charge is 2.29. The Morgan fingerprint density at radius 1 is 1.47 bits per heavy atom. The smallest absolute Gasteiger partial charge is 0.129 e. The summed E-state index contributed by atoms with van der Waals surface area (Å²) in [5.41, 5.74) is 0.825. The molecule has 0 aromatic heterocycles. The van der Waals surface area contributed by atoms with Gasteiger partial charge in [-0.3, -0.25) is 0 Å². The fourth-order valence-corrected chi connectivity index (χ4v) is 2.69. The fourth-order valence-electron chi connectivity index (χ4n) is 2.36. The van der Waals surface area contributed by atoms with Gasteiger partial charge in [-0.2, -0.15) is 0 Å². The Labute approximate surface area is 111 Å². The lowest BCUT2D eigenvalue weighted by molar-refractivity contribution is 0.227. The molecule has 0 radical (unpaired) electrons. The molecular formula is C14H19BrFN. The van der Waals surface area contributed by atoms with E-state index in [0.717, 1.165) is 23.0 Å². The molecule has 1 nitrogen and oxygen atoms in total. The molecule has 0 heterocycles. The zero-order valence-corrected chi connectivity index (χ0v) is 11.8. The zero-order valence-electron chi connectivity index (χ0n) is 10.2. The molecule has 1 fully saturated rings. The molecule has 1 aromatic carbocycles. The van der Waals surface area contributed by atoms with Crippen LogP contribution in [0, 0.1) is 11.7 Å². The van der Waals surface area contributed by atoms with Crippen LogP contribution in [0.2, 0.25) is 0 Å². The number of nitrogens with one attached hydrogen (secondary N) is 1. The number of halogens is 2. The second kappa shape index (κ2) is 5.96. The molecule has 1 atom stereocenters. The Morgan fingerprint density at radius 3 is 2.76 bits per heavy atom. The molecule has 0 bridgehead atoms. The highest BCUT2D eigenvalue weighted by atomic mass is 79.9. The monoisotopic (exact) mass is 299 g/mol. The molecule has 0 spiro atoms. The molecule has 0 aliphatic heterocycles. The third-order valence-electron chi connectivity index (χ3n) is 3.53. The first-order valence-corrected chi connectivity index (χ1v) is 7.20. The van der Waals surface area contributed by atoms with Crippen LogP contribution in [0.5, 0.6) is 0 Å². The minimum Gasteiger partial charge on any atom is -0.310 e. The van der Waals surface area contributed by atoms with Crippen LogP contribution in [0.15, 0.2) is 22.7 Å². The largest absolute Gasteiger partial charge is 0.310 e. The van der Waals surface area contributed by atoms with E-state index in [1.807, 2.05) is 12.1 Å². The fraction of sp³-hybridized carbons (Fsp3) is 0.571. The minimum absolute atomic E-state index is 0.0973. The lowest BCUT2D eigenvalue weighted by atomic mass is 9.77. The standard InChI is InChI=1S/C14H19BrFN/c1-2-8-17-14(10-4-3-5-10)12-7-6-11(15)9-13(12)16/h6-7,9-10,14,17H,2-5,8H2,1H3. The third kappa shape index (κ3) is 3.08. The summed E-state index contributed by atoms with van der Waals surface area (Å²) in [4.78, 5) is 0. The van der Waals surface area contributed by atoms with E-state index >= 15 is 0 Å². The quantitative estimate of drug-likeness (QED) is 0.848. The van der Waals surface area contributed by atoms with Crippen molar-refractivity contribution in [3.8, 4) is 0 Å². The highest BCUT2D eigenvalue weighted by Crippen LogP contribution is 2.38. The molecule has 1 aliphatic rings. The van der Waals surface area contributed by atoms with Crippen LogP contribution < -0.4 is 5.32 Å². The molecule has 1 saturated carbocycles. The summed E-state index contributed by atoms with van der Waals surface area (Å²) >= 11 is 3.31. The average Bonchev–Trinajstić information content (AvgIpc) is 2.22. The number of hydrogen-bond acceptors (Lipinski definition) is 1. The van der Waals surface area contributed by atoms with E-state index in [4.69, 9.17) is 0 Å². The summed E-state index contributed by atoms with van der Waals surface area (Å²) in [6.45, 7) is 3.10. The van der Waals surface area contributed by atoms with Gasteiger partial charge < -0.3 is 5.32 Å². The van der Waals surface area contributed by atoms with E-state index in [0.29, 0.717) is 5.92 Å². The van der Waals surface area contributed by atoms with E-state index in [-0.39, 0.29) is 11.9 Å². The van der Waals surface area contributed by atoms with Gasteiger partial charge >= 0.3 is 0 Å². The molecule has 0 amide bonds. The normalized spacial score (nSPS) is 17.8. The van der Waals surface area contributed by atoms with Gasteiger partial charge in [0.15, 0.2) is 0 Å². The molecule has 1 N–H and O–H groups in total. The first-order valence-electron chi connectivity index (χ1n) is 6.40. The van der Waals surface area contributed by atoms with Crippen molar-refractivity contribution in [2.24, 2.45) is 5.92 Å². The van der Waals surface area contributed by atoms with Crippen molar-refractivity contribution in [3.63, 3.8) is 0 Å².